The minimum Gasteiger partial charge on any atom is -0.481 e. The molecule has 0 radical (unpaired) electrons. The molecule has 1 fully saturated rings. The van der Waals surface area contributed by atoms with Crippen molar-refractivity contribution in [1.29, 1.82) is 0 Å². The van der Waals surface area contributed by atoms with Crippen LogP contribution in [0.4, 0.5) is 0 Å². The maximum absolute atomic E-state index is 12.3. The Hall–Kier alpha value is -1.07. The number of carboxylic acids is 1. The zero-order valence-electron chi connectivity index (χ0n) is 11.7. The second-order valence-corrected chi connectivity index (χ2v) is 6.59. The van der Waals surface area contributed by atoms with Crippen LogP contribution in [0.15, 0.2) is 22.7 Å². The highest BCUT2D eigenvalue weighted by atomic mass is 79.9. The summed E-state index contributed by atoms with van der Waals surface area (Å²) in [6.45, 7) is 2.33. The summed E-state index contributed by atoms with van der Waals surface area (Å²) in [5, 5.41) is 9.74. The first kappa shape index (κ1) is 16.3. The maximum Gasteiger partial charge on any atom is 0.308 e. The zero-order valence-corrected chi connectivity index (χ0v) is 14.0. The molecule has 1 aliphatic heterocycles. The summed E-state index contributed by atoms with van der Waals surface area (Å²) in [5.41, 5.74) is 0.984. The number of likely N-dealkylation sites (tertiary alicyclic amines) is 1. The fourth-order valence-corrected chi connectivity index (χ4v) is 3.38. The predicted molar refractivity (Wildman–Crippen MR) is 84.4 cm³/mol. The second kappa shape index (κ2) is 6.79. The van der Waals surface area contributed by atoms with Crippen LogP contribution in [0.3, 0.4) is 0 Å². The number of hydrogen-bond donors (Lipinski definition) is 1. The number of halogens is 2. The Kier molecular flexibility index (Phi) is 5.27. The van der Waals surface area contributed by atoms with Crippen LogP contribution in [-0.4, -0.2) is 34.5 Å². The average Bonchev–Trinajstić information content (AvgIpc) is 2.81. The first-order valence-corrected chi connectivity index (χ1v) is 8.03. The molecule has 114 valence electrons. The van der Waals surface area contributed by atoms with Gasteiger partial charge in [-0.1, -0.05) is 27.5 Å². The normalized spacial score (nSPS) is 21.6. The largest absolute Gasteiger partial charge is 0.481 e. The summed E-state index contributed by atoms with van der Waals surface area (Å²) in [5.74, 6) is -1.28. The molecule has 1 saturated heterocycles. The van der Waals surface area contributed by atoms with E-state index in [2.05, 4.69) is 15.9 Å². The Balaban J connectivity index is 1.96. The van der Waals surface area contributed by atoms with Crippen LogP contribution in [0.2, 0.25) is 5.02 Å². The molecular weight excluding hydrogens is 358 g/mol. The molecule has 6 heteroatoms. The lowest BCUT2D eigenvalue weighted by Gasteiger charge is -2.23. The molecule has 1 aromatic carbocycles. The topological polar surface area (TPSA) is 57.6 Å². The molecule has 1 aliphatic rings. The Morgan fingerprint density at radius 1 is 1.48 bits per heavy atom. The molecular formula is C15H17BrClNO3. The Labute approximate surface area is 137 Å². The predicted octanol–water partition coefficient (Wildman–Crippen LogP) is 3.36. The summed E-state index contributed by atoms with van der Waals surface area (Å²) in [6.07, 6.45) is 1.47. The second-order valence-electron chi connectivity index (χ2n) is 5.30. The fraction of sp³-hybridized carbons (Fsp3) is 0.467. The maximum atomic E-state index is 12.3. The molecule has 1 amide bonds. The highest BCUT2D eigenvalue weighted by Crippen LogP contribution is 2.26. The number of hydrogen-bond acceptors (Lipinski definition) is 2. The van der Waals surface area contributed by atoms with E-state index < -0.39 is 11.9 Å². The molecule has 0 saturated carbocycles. The van der Waals surface area contributed by atoms with Gasteiger partial charge < -0.3 is 10.0 Å². The quantitative estimate of drug-likeness (QED) is 0.879. The summed E-state index contributed by atoms with van der Waals surface area (Å²) in [7, 11) is 0. The summed E-state index contributed by atoms with van der Waals surface area (Å²) in [4.78, 5) is 25.0. The van der Waals surface area contributed by atoms with Crippen molar-refractivity contribution < 1.29 is 14.7 Å². The van der Waals surface area contributed by atoms with Gasteiger partial charge in [-0.15, -0.1) is 0 Å². The lowest BCUT2D eigenvalue weighted by molar-refractivity contribution is -0.143. The molecule has 2 rings (SSSR count). The number of aryl methyl sites for hydroxylation is 1. The monoisotopic (exact) mass is 373 g/mol. The van der Waals surface area contributed by atoms with Crippen molar-refractivity contribution in [2.45, 2.75) is 32.2 Å². The fourth-order valence-electron chi connectivity index (χ4n) is 2.74. The molecule has 21 heavy (non-hydrogen) atoms. The number of benzene rings is 1. The van der Waals surface area contributed by atoms with Gasteiger partial charge in [0.05, 0.1) is 5.92 Å². The Morgan fingerprint density at radius 3 is 2.81 bits per heavy atom. The van der Waals surface area contributed by atoms with Crippen LogP contribution >= 0.6 is 27.5 Å². The highest BCUT2D eigenvalue weighted by molar-refractivity contribution is 9.10. The van der Waals surface area contributed by atoms with Gasteiger partial charge in [0.1, 0.15) is 0 Å². The molecule has 0 spiro atoms. The highest BCUT2D eigenvalue weighted by Gasteiger charge is 2.37. The molecule has 0 aromatic heterocycles. The van der Waals surface area contributed by atoms with E-state index in [9.17, 15) is 9.59 Å². The van der Waals surface area contributed by atoms with Crippen molar-refractivity contribution in [2.75, 3.05) is 6.54 Å². The van der Waals surface area contributed by atoms with E-state index in [0.717, 1.165) is 10.0 Å². The molecule has 1 heterocycles. The number of aliphatic carboxylic acids is 1. The number of carboxylic acid groups (broad SMARTS) is 1. The molecule has 2 atom stereocenters. The van der Waals surface area contributed by atoms with Gasteiger partial charge >= 0.3 is 5.97 Å². The van der Waals surface area contributed by atoms with Crippen LogP contribution in [-0.2, 0) is 16.0 Å². The van der Waals surface area contributed by atoms with Crippen molar-refractivity contribution in [3.05, 3.63) is 33.3 Å². The summed E-state index contributed by atoms with van der Waals surface area (Å²) < 4.78 is 0.928. The van der Waals surface area contributed by atoms with Gasteiger partial charge in [-0.3, -0.25) is 9.59 Å². The van der Waals surface area contributed by atoms with E-state index in [-0.39, 0.29) is 11.9 Å². The third-order valence-corrected chi connectivity index (χ3v) is 5.02. The third kappa shape index (κ3) is 3.77. The van der Waals surface area contributed by atoms with Crippen LogP contribution in [0, 0.1) is 5.92 Å². The smallest absolute Gasteiger partial charge is 0.308 e. The van der Waals surface area contributed by atoms with Gasteiger partial charge in [0.15, 0.2) is 0 Å². The lowest BCUT2D eigenvalue weighted by atomic mass is 10.0. The van der Waals surface area contributed by atoms with E-state index in [4.69, 9.17) is 16.7 Å². The first-order chi connectivity index (χ1) is 9.90. The van der Waals surface area contributed by atoms with Gasteiger partial charge in [-0.2, -0.15) is 0 Å². The van der Waals surface area contributed by atoms with E-state index in [0.29, 0.717) is 30.8 Å². The minimum atomic E-state index is -0.824. The van der Waals surface area contributed by atoms with E-state index >= 15 is 0 Å². The third-order valence-electron chi connectivity index (χ3n) is 4.01. The standard InChI is InChI=1S/C15H17BrClNO3/c1-9-12(15(20)21)6-7-18(9)14(19)5-2-10-8-11(17)3-4-13(10)16/h3-4,8-9,12H,2,5-7H2,1H3,(H,20,21). The van der Waals surface area contributed by atoms with Crippen molar-refractivity contribution in [3.8, 4) is 0 Å². The van der Waals surface area contributed by atoms with E-state index in [1.807, 2.05) is 12.1 Å². The van der Waals surface area contributed by atoms with E-state index in [1.165, 1.54) is 0 Å². The zero-order chi connectivity index (χ0) is 15.6. The molecule has 0 aliphatic carbocycles. The van der Waals surface area contributed by atoms with Crippen molar-refractivity contribution >= 4 is 39.4 Å². The number of carbonyl (C=O) groups is 2. The van der Waals surface area contributed by atoms with Gasteiger partial charge in [-0.05, 0) is 43.5 Å². The van der Waals surface area contributed by atoms with Crippen LogP contribution < -0.4 is 0 Å². The Bertz CT molecular complexity index is 564. The summed E-state index contributed by atoms with van der Waals surface area (Å²) in [6, 6.07) is 5.25. The average molecular weight is 375 g/mol. The van der Waals surface area contributed by atoms with Crippen molar-refractivity contribution in [3.63, 3.8) is 0 Å². The van der Waals surface area contributed by atoms with E-state index in [1.54, 1.807) is 17.9 Å². The van der Waals surface area contributed by atoms with Crippen LogP contribution in [0.1, 0.15) is 25.3 Å². The van der Waals surface area contributed by atoms with Crippen molar-refractivity contribution in [2.24, 2.45) is 5.92 Å². The van der Waals surface area contributed by atoms with Crippen LogP contribution in [0.5, 0.6) is 0 Å². The van der Waals surface area contributed by atoms with Crippen molar-refractivity contribution in [1.82, 2.24) is 4.90 Å². The summed E-state index contributed by atoms with van der Waals surface area (Å²) >= 11 is 9.40. The van der Waals surface area contributed by atoms with Crippen LogP contribution in [0.25, 0.3) is 0 Å². The number of nitrogens with zero attached hydrogens (tertiary/aromatic N) is 1. The van der Waals surface area contributed by atoms with Gasteiger partial charge in [0, 0.05) is 28.5 Å². The minimum absolute atomic E-state index is 0.00174. The van der Waals surface area contributed by atoms with Gasteiger partial charge in [-0.25, -0.2) is 0 Å². The SMILES string of the molecule is CC1C(C(=O)O)CCN1C(=O)CCc1cc(Cl)ccc1Br. The molecule has 4 nitrogen and oxygen atoms in total. The van der Waals surface area contributed by atoms with Gasteiger partial charge in [0.25, 0.3) is 0 Å². The molecule has 0 bridgehead atoms. The first-order valence-electron chi connectivity index (χ1n) is 6.86. The molecule has 1 N–H and O–H groups in total. The molecule has 2 unspecified atom stereocenters. The number of amides is 1. The Morgan fingerprint density at radius 2 is 2.19 bits per heavy atom. The van der Waals surface area contributed by atoms with Gasteiger partial charge in [0.2, 0.25) is 5.91 Å². The lowest BCUT2D eigenvalue weighted by Crippen LogP contribution is -2.37. The number of carbonyl (C=O) groups excluding carboxylic acids is 1. The number of rotatable bonds is 4. The molecule has 1 aromatic rings.